The van der Waals surface area contributed by atoms with Crippen LogP contribution in [0.3, 0.4) is 0 Å². The summed E-state index contributed by atoms with van der Waals surface area (Å²) in [5.74, 6) is 2.38. The molecule has 0 spiro atoms. The van der Waals surface area contributed by atoms with Crippen LogP contribution in [0.1, 0.15) is 96.8 Å². The first-order valence-electron chi connectivity index (χ1n) is 12.1. The van der Waals surface area contributed by atoms with Crippen LogP contribution in [0.25, 0.3) is 0 Å². The molecule has 2 heterocycles. The number of thiophene rings is 1. The Labute approximate surface area is 182 Å². The number of hydrogen-bond donors (Lipinski definition) is 0. The fraction of sp³-hybridized carbons (Fsp3) is 0.833. The van der Waals surface area contributed by atoms with Crippen LogP contribution in [-0.4, -0.2) is 31.6 Å². The van der Waals surface area contributed by atoms with Gasteiger partial charge in [0.15, 0.2) is 0 Å². The van der Waals surface area contributed by atoms with Crippen LogP contribution in [0.4, 0.5) is 0 Å². The third-order valence-corrected chi connectivity index (χ3v) is 25.7. The van der Waals surface area contributed by atoms with E-state index in [-0.39, 0.29) is 0 Å². The van der Waals surface area contributed by atoms with Crippen LogP contribution < -0.4 is 12.4 Å². The van der Waals surface area contributed by atoms with E-state index in [1.165, 1.54) is 94.6 Å². The first kappa shape index (κ1) is 24.4. The molecule has 0 N–H and O–H groups in total. The van der Waals surface area contributed by atoms with Gasteiger partial charge in [-0.3, -0.25) is 0 Å². The number of rotatable bonds is 15. The van der Waals surface area contributed by atoms with Gasteiger partial charge in [0.05, 0.1) is 0 Å². The molecule has 0 bridgehead atoms. The molecule has 1 aromatic rings. The monoisotopic (exact) mass is 516 g/mol. The summed E-state index contributed by atoms with van der Waals surface area (Å²) in [6.07, 6.45) is 14.7. The maximum absolute atomic E-state index is 6.35. The Morgan fingerprint density at radius 1 is 0.679 bits per heavy atom. The number of aryl methyl sites for hydroxylation is 1. The molecule has 0 aromatic carbocycles. The average Bonchev–Trinajstić information content (AvgIpc) is 3.10. The summed E-state index contributed by atoms with van der Waals surface area (Å²) in [5.41, 5.74) is 0. The number of fused-ring (bicyclic) bond motifs is 1. The van der Waals surface area contributed by atoms with E-state index in [2.05, 4.69) is 39.0 Å². The molecular weight excluding hydrogens is 471 g/mol. The Balaban J connectivity index is 2.37. The normalized spacial score (nSPS) is 13.9. The first-order chi connectivity index (χ1) is 13.7. The van der Waals surface area contributed by atoms with Crippen molar-refractivity contribution in [3.63, 3.8) is 0 Å². The van der Waals surface area contributed by atoms with Crippen molar-refractivity contribution in [2.45, 2.75) is 112 Å². The first-order valence-corrected chi connectivity index (χ1v) is 20.4. The van der Waals surface area contributed by atoms with E-state index >= 15 is 0 Å². The van der Waals surface area contributed by atoms with Crippen LogP contribution in [0.15, 0.2) is 0 Å². The quantitative estimate of drug-likeness (QED) is 0.176. The minimum absolute atomic E-state index is 0.729. The van der Waals surface area contributed by atoms with E-state index < -0.39 is 18.4 Å². The molecule has 28 heavy (non-hydrogen) atoms. The summed E-state index contributed by atoms with van der Waals surface area (Å²) in [7, 11) is 0. The van der Waals surface area contributed by atoms with Gasteiger partial charge in [-0.2, -0.15) is 0 Å². The third-order valence-electron chi connectivity index (χ3n) is 6.23. The van der Waals surface area contributed by atoms with Crippen molar-refractivity contribution in [3.8, 4) is 11.5 Å². The van der Waals surface area contributed by atoms with Crippen molar-refractivity contribution in [3.05, 3.63) is 4.88 Å². The van der Waals surface area contributed by atoms with Gasteiger partial charge < -0.3 is 0 Å². The third kappa shape index (κ3) is 6.55. The summed E-state index contributed by atoms with van der Waals surface area (Å²) < 4.78 is 18.8. The van der Waals surface area contributed by atoms with Gasteiger partial charge in [-0.1, -0.05) is 0 Å². The van der Waals surface area contributed by atoms with Gasteiger partial charge in [-0.05, 0) is 0 Å². The van der Waals surface area contributed by atoms with Gasteiger partial charge >= 0.3 is 183 Å². The molecule has 0 amide bonds. The molecule has 1 aromatic heterocycles. The number of ether oxygens (including phenoxy) is 2. The van der Waals surface area contributed by atoms with Crippen LogP contribution >= 0.6 is 11.3 Å². The number of hydrogen-bond acceptors (Lipinski definition) is 3. The zero-order chi connectivity index (χ0) is 20.2. The molecule has 1 aliphatic rings. The van der Waals surface area contributed by atoms with E-state index in [0.717, 1.165) is 19.0 Å². The second kappa shape index (κ2) is 13.4. The minimum atomic E-state index is -2.47. The summed E-state index contributed by atoms with van der Waals surface area (Å²) in [4.78, 5) is 1.51. The Morgan fingerprint density at radius 3 is 1.75 bits per heavy atom. The van der Waals surface area contributed by atoms with E-state index in [4.69, 9.17) is 9.47 Å². The van der Waals surface area contributed by atoms with Gasteiger partial charge in [-0.15, -0.1) is 0 Å². The Hall–Kier alpha value is 0.0987. The van der Waals surface area contributed by atoms with Crippen molar-refractivity contribution in [1.29, 1.82) is 0 Å². The fourth-order valence-corrected chi connectivity index (χ4v) is 25.5. The summed E-state index contributed by atoms with van der Waals surface area (Å²) >= 11 is -0.333. The SMILES string of the molecule is CCCCCCc1s[c]([Sn]([CH2]CCC)([CH2]CCC)[CH2]CCC)c2c1OCCO2. The van der Waals surface area contributed by atoms with Crippen molar-refractivity contribution in [1.82, 2.24) is 0 Å². The van der Waals surface area contributed by atoms with Crippen LogP contribution in [0.2, 0.25) is 13.3 Å². The Kier molecular flexibility index (Phi) is 11.7. The number of unbranched alkanes of at least 4 members (excludes halogenated alkanes) is 6. The molecule has 1 aliphatic heterocycles. The molecule has 2 nitrogen and oxygen atoms in total. The van der Waals surface area contributed by atoms with Crippen LogP contribution in [0.5, 0.6) is 11.5 Å². The van der Waals surface area contributed by atoms with Crippen molar-refractivity contribution >= 4 is 32.6 Å². The van der Waals surface area contributed by atoms with E-state index in [0.29, 0.717) is 0 Å². The van der Waals surface area contributed by atoms with E-state index in [9.17, 15) is 0 Å². The molecule has 0 saturated carbocycles. The summed E-state index contributed by atoms with van der Waals surface area (Å²) in [5, 5.41) is 0. The predicted octanol–water partition coefficient (Wildman–Crippen LogP) is 7.70. The Morgan fingerprint density at radius 2 is 1.21 bits per heavy atom. The second-order valence-electron chi connectivity index (χ2n) is 8.61. The molecule has 4 heteroatoms. The fourth-order valence-electron chi connectivity index (χ4n) is 4.50. The molecule has 0 radical (unpaired) electrons. The standard InChI is InChI=1S/C12H17O2S.3C4H9.Sn/c1-2-3-4-5-6-11-12-10(9-15-11)13-7-8-14-12;3*1-3-4-2;/h2-8H2,1H3;3*1,3-4H2,2H3;. The molecule has 0 aliphatic carbocycles. The van der Waals surface area contributed by atoms with Crippen molar-refractivity contribution in [2.75, 3.05) is 13.2 Å². The average molecular weight is 515 g/mol. The van der Waals surface area contributed by atoms with Gasteiger partial charge in [0, 0.05) is 0 Å². The van der Waals surface area contributed by atoms with Crippen molar-refractivity contribution < 1.29 is 9.47 Å². The van der Waals surface area contributed by atoms with Gasteiger partial charge in [-0.25, -0.2) is 0 Å². The predicted molar refractivity (Wildman–Crippen MR) is 128 cm³/mol. The zero-order valence-corrected chi connectivity index (χ0v) is 22.7. The van der Waals surface area contributed by atoms with Crippen molar-refractivity contribution in [2.24, 2.45) is 0 Å². The molecule has 0 atom stereocenters. The molecule has 0 fully saturated rings. The van der Waals surface area contributed by atoms with Crippen LogP contribution in [0, 0.1) is 0 Å². The second-order valence-corrected chi connectivity index (χ2v) is 23.8. The molecule has 2 rings (SSSR count). The van der Waals surface area contributed by atoms with Gasteiger partial charge in [0.1, 0.15) is 0 Å². The maximum atomic E-state index is 6.35. The summed E-state index contributed by atoms with van der Waals surface area (Å²) in [6, 6.07) is 0. The Bertz CT molecular complexity index is 533. The van der Waals surface area contributed by atoms with Crippen LogP contribution in [-0.2, 0) is 6.42 Å². The molecular formula is C24H44O2SSn. The zero-order valence-electron chi connectivity index (χ0n) is 19.0. The molecule has 0 unspecified atom stereocenters. The summed E-state index contributed by atoms with van der Waals surface area (Å²) in [6.45, 7) is 10.8. The van der Waals surface area contributed by atoms with E-state index in [1.54, 1.807) is 2.89 Å². The molecule has 0 saturated heterocycles. The topological polar surface area (TPSA) is 18.5 Å². The van der Waals surface area contributed by atoms with Gasteiger partial charge in [0.25, 0.3) is 0 Å². The van der Waals surface area contributed by atoms with E-state index in [1.807, 2.05) is 0 Å². The molecule has 162 valence electrons. The van der Waals surface area contributed by atoms with Gasteiger partial charge in [0.2, 0.25) is 0 Å².